The summed E-state index contributed by atoms with van der Waals surface area (Å²) >= 11 is 0. The number of nitrogens with one attached hydrogen (secondary N) is 6. The minimum absolute atomic E-state index is 0.0174. The number of amides is 2. The third-order valence-electron chi connectivity index (χ3n) is 5.16. The summed E-state index contributed by atoms with van der Waals surface area (Å²) in [6.45, 7) is 2.16. The molecule has 10 heteroatoms. The summed E-state index contributed by atoms with van der Waals surface area (Å²) in [5, 5.41) is 18.7. The lowest BCUT2D eigenvalue weighted by molar-refractivity contribution is 0.248. The maximum atomic E-state index is 12.4. The monoisotopic (exact) mass is 426 g/mol. The average Bonchev–Trinajstić information content (AvgIpc) is 3.24. The molecule has 1 fully saturated rings. The van der Waals surface area contributed by atoms with Crippen LogP contribution in [0.3, 0.4) is 0 Å². The number of aromatic nitrogens is 2. The van der Waals surface area contributed by atoms with Crippen molar-refractivity contribution in [1.82, 2.24) is 25.9 Å². The zero-order valence-electron chi connectivity index (χ0n) is 17.5. The van der Waals surface area contributed by atoms with Crippen LogP contribution in [0.4, 0.5) is 10.7 Å². The van der Waals surface area contributed by atoms with Gasteiger partial charge in [0.15, 0.2) is 5.96 Å². The van der Waals surface area contributed by atoms with E-state index in [9.17, 15) is 9.59 Å². The molecule has 1 heterocycles. The number of carbonyl (C=O) groups is 1. The van der Waals surface area contributed by atoms with E-state index in [0.717, 1.165) is 49.8 Å². The van der Waals surface area contributed by atoms with Gasteiger partial charge in [0, 0.05) is 25.3 Å². The van der Waals surface area contributed by atoms with E-state index in [2.05, 4.69) is 31.2 Å². The number of anilines is 1. The van der Waals surface area contributed by atoms with E-state index in [4.69, 9.17) is 11.1 Å². The van der Waals surface area contributed by atoms with Crippen LogP contribution in [0.25, 0.3) is 11.1 Å². The number of benzene rings is 1. The maximum Gasteiger partial charge on any atom is 0.321 e. The van der Waals surface area contributed by atoms with Crippen LogP contribution in [0.2, 0.25) is 0 Å². The predicted octanol–water partition coefficient (Wildman–Crippen LogP) is 1.46. The van der Waals surface area contributed by atoms with Crippen molar-refractivity contribution < 1.29 is 4.79 Å². The van der Waals surface area contributed by atoms with Crippen molar-refractivity contribution in [2.45, 2.75) is 44.7 Å². The van der Waals surface area contributed by atoms with Crippen LogP contribution in [-0.4, -0.2) is 41.1 Å². The molecule has 0 spiro atoms. The Bertz CT molecular complexity index is 935. The number of carbonyl (C=O) groups excluding carboxylic acids is 1. The van der Waals surface area contributed by atoms with Gasteiger partial charge in [-0.3, -0.25) is 15.5 Å². The van der Waals surface area contributed by atoms with E-state index < -0.39 is 5.56 Å². The van der Waals surface area contributed by atoms with Crippen LogP contribution in [0.15, 0.2) is 35.3 Å². The fourth-order valence-corrected chi connectivity index (χ4v) is 3.54. The van der Waals surface area contributed by atoms with E-state index in [1.165, 1.54) is 0 Å². The summed E-state index contributed by atoms with van der Waals surface area (Å²) < 4.78 is 0. The summed E-state index contributed by atoms with van der Waals surface area (Å²) in [5.41, 5.74) is 7.12. The number of nitrogens with zero attached hydrogens (tertiary/aromatic N) is 1. The van der Waals surface area contributed by atoms with E-state index >= 15 is 0 Å². The maximum absolute atomic E-state index is 12.4. The highest BCUT2D eigenvalue weighted by Crippen LogP contribution is 2.18. The molecule has 0 bridgehead atoms. The molecule has 2 amide bonds. The van der Waals surface area contributed by atoms with Gasteiger partial charge in [-0.1, -0.05) is 37.1 Å². The molecule has 2 aromatic rings. The molecule has 0 unspecified atom stereocenters. The number of nitrogens with two attached hydrogens (primary N) is 1. The first kappa shape index (κ1) is 22.3. The molecule has 166 valence electrons. The zero-order valence-corrected chi connectivity index (χ0v) is 17.5. The minimum atomic E-state index is -0.404. The first-order valence-electron chi connectivity index (χ1n) is 10.6. The van der Waals surface area contributed by atoms with Gasteiger partial charge in [-0.15, -0.1) is 0 Å². The van der Waals surface area contributed by atoms with Gasteiger partial charge in [0.2, 0.25) is 5.95 Å². The van der Waals surface area contributed by atoms with Crippen molar-refractivity contribution in [3.63, 3.8) is 0 Å². The molecule has 0 atom stereocenters. The van der Waals surface area contributed by atoms with Crippen molar-refractivity contribution in [1.29, 1.82) is 5.41 Å². The van der Waals surface area contributed by atoms with Gasteiger partial charge in [-0.2, -0.15) is 4.98 Å². The van der Waals surface area contributed by atoms with Crippen LogP contribution in [0.5, 0.6) is 0 Å². The van der Waals surface area contributed by atoms with Crippen molar-refractivity contribution >= 4 is 17.9 Å². The molecular weight excluding hydrogens is 396 g/mol. The Kier molecular flexibility index (Phi) is 7.99. The lowest BCUT2D eigenvalue weighted by atomic mass is 10.1. The quantitative estimate of drug-likeness (QED) is 0.182. The molecule has 1 aromatic carbocycles. The van der Waals surface area contributed by atoms with Crippen LogP contribution in [-0.2, 0) is 6.54 Å². The second-order valence-electron chi connectivity index (χ2n) is 7.62. The smallest absolute Gasteiger partial charge is 0.321 e. The molecule has 1 aliphatic rings. The lowest BCUT2D eigenvalue weighted by Crippen LogP contribution is -2.37. The van der Waals surface area contributed by atoms with Gasteiger partial charge in [-0.05, 0) is 36.9 Å². The molecule has 31 heavy (non-hydrogen) atoms. The Morgan fingerprint density at radius 2 is 1.94 bits per heavy atom. The van der Waals surface area contributed by atoms with Crippen LogP contribution < -0.4 is 32.6 Å². The Hall–Kier alpha value is -3.40. The van der Waals surface area contributed by atoms with E-state index in [1.54, 1.807) is 6.20 Å². The molecule has 0 saturated heterocycles. The van der Waals surface area contributed by atoms with Crippen LogP contribution in [0, 0.1) is 5.41 Å². The minimum Gasteiger partial charge on any atom is -0.370 e. The van der Waals surface area contributed by atoms with Crippen LogP contribution >= 0.6 is 0 Å². The lowest BCUT2D eigenvalue weighted by Gasteiger charge is -2.12. The zero-order chi connectivity index (χ0) is 22.1. The normalized spacial score (nSPS) is 13.7. The molecule has 0 aliphatic heterocycles. The van der Waals surface area contributed by atoms with Gasteiger partial charge in [0.1, 0.15) is 0 Å². The molecule has 0 radical (unpaired) electrons. The highest BCUT2D eigenvalue weighted by molar-refractivity contribution is 5.87. The number of guanidine groups is 1. The topological polar surface area (TPSA) is 161 Å². The van der Waals surface area contributed by atoms with E-state index in [-0.39, 0.29) is 24.0 Å². The second kappa shape index (κ2) is 11.1. The standard InChI is InChI=1S/C21H30N8O2/c22-19(23)25-11-3-10-24-12-14-6-8-15(9-7-14)17-13-26-20(28-18(17)30)29-21(31)27-16-4-1-2-5-16/h6-9,13,16,24H,1-5,10-12H2,(H4,22,23,25)(H3,26,27,28,29,30,31). The fourth-order valence-electron chi connectivity index (χ4n) is 3.54. The first-order chi connectivity index (χ1) is 15.0. The third-order valence-corrected chi connectivity index (χ3v) is 5.16. The van der Waals surface area contributed by atoms with Crippen molar-refractivity contribution in [2.75, 3.05) is 18.4 Å². The molecular formula is C21H30N8O2. The third kappa shape index (κ3) is 7.10. The molecule has 1 aromatic heterocycles. The highest BCUT2D eigenvalue weighted by Gasteiger charge is 2.17. The molecule has 1 saturated carbocycles. The summed E-state index contributed by atoms with van der Waals surface area (Å²) in [6.07, 6.45) is 6.65. The van der Waals surface area contributed by atoms with Gasteiger partial charge in [0.05, 0.1) is 5.56 Å². The van der Waals surface area contributed by atoms with Gasteiger partial charge >= 0.3 is 6.03 Å². The highest BCUT2D eigenvalue weighted by atomic mass is 16.2. The van der Waals surface area contributed by atoms with Crippen molar-refractivity contribution in [3.8, 4) is 11.1 Å². The first-order valence-corrected chi connectivity index (χ1v) is 10.6. The summed E-state index contributed by atoms with van der Waals surface area (Å²) in [7, 11) is 0. The number of urea groups is 1. The Labute approximate surface area is 180 Å². The fraction of sp³-hybridized carbons (Fsp3) is 0.429. The summed E-state index contributed by atoms with van der Waals surface area (Å²) in [6, 6.07) is 7.50. The molecule has 1 aliphatic carbocycles. The number of aromatic amines is 1. The average molecular weight is 427 g/mol. The summed E-state index contributed by atoms with van der Waals surface area (Å²) in [5.74, 6) is 0.112. The van der Waals surface area contributed by atoms with E-state index in [1.807, 2.05) is 24.3 Å². The molecule has 8 N–H and O–H groups in total. The number of H-pyrrole nitrogens is 1. The SMILES string of the molecule is N=C(N)NCCCNCc1ccc(-c2c[nH]c(NC(=O)NC3CCCC3)nc2=O)cc1. The van der Waals surface area contributed by atoms with Crippen molar-refractivity contribution in [3.05, 3.63) is 46.4 Å². The number of rotatable bonds is 9. The molecule has 3 rings (SSSR count). The Balaban J connectivity index is 1.49. The van der Waals surface area contributed by atoms with Crippen molar-refractivity contribution in [2.24, 2.45) is 5.73 Å². The van der Waals surface area contributed by atoms with Crippen LogP contribution in [0.1, 0.15) is 37.7 Å². The predicted molar refractivity (Wildman–Crippen MR) is 121 cm³/mol. The number of hydrogen-bond donors (Lipinski definition) is 7. The van der Waals surface area contributed by atoms with Gasteiger partial charge in [0.25, 0.3) is 5.56 Å². The Morgan fingerprint density at radius 3 is 2.61 bits per heavy atom. The van der Waals surface area contributed by atoms with Gasteiger partial charge < -0.3 is 26.7 Å². The summed E-state index contributed by atoms with van der Waals surface area (Å²) in [4.78, 5) is 31.3. The largest absolute Gasteiger partial charge is 0.370 e. The van der Waals surface area contributed by atoms with Gasteiger partial charge in [-0.25, -0.2) is 4.79 Å². The Morgan fingerprint density at radius 1 is 1.19 bits per heavy atom. The molecule has 10 nitrogen and oxygen atoms in total. The number of hydrogen-bond acceptors (Lipinski definition) is 5. The van der Waals surface area contributed by atoms with E-state index in [0.29, 0.717) is 18.7 Å². The second-order valence-corrected chi connectivity index (χ2v) is 7.62.